The molecule has 0 saturated heterocycles. The van der Waals surface area contributed by atoms with Crippen LogP contribution in [0.2, 0.25) is 0 Å². The van der Waals surface area contributed by atoms with Crippen molar-refractivity contribution in [1.82, 2.24) is 14.9 Å². The van der Waals surface area contributed by atoms with E-state index in [1.165, 1.54) is 12.3 Å². The van der Waals surface area contributed by atoms with Gasteiger partial charge in [0.25, 0.3) is 5.56 Å². The van der Waals surface area contributed by atoms with E-state index in [1.807, 2.05) is 0 Å². The highest BCUT2D eigenvalue weighted by Gasteiger charge is 2.05. The van der Waals surface area contributed by atoms with Crippen LogP contribution in [-0.2, 0) is 22.6 Å². The summed E-state index contributed by atoms with van der Waals surface area (Å²) < 4.78 is 6.13. The molecule has 2 aromatic rings. The smallest absolute Gasteiger partial charge is 0.341 e. The second-order valence-corrected chi connectivity index (χ2v) is 5.16. The Bertz CT molecular complexity index is 853. The minimum Gasteiger partial charge on any atom is -0.482 e. The summed E-state index contributed by atoms with van der Waals surface area (Å²) in [7, 11) is 0. The lowest BCUT2D eigenvalue weighted by molar-refractivity contribution is -0.139. The zero-order valence-corrected chi connectivity index (χ0v) is 13.2. The number of carboxylic acids is 1. The topological polar surface area (TPSA) is 130 Å². The van der Waals surface area contributed by atoms with Gasteiger partial charge < -0.3 is 15.2 Å². The lowest BCUT2D eigenvalue weighted by Gasteiger charge is -2.08. The molecule has 0 aliphatic rings. The van der Waals surface area contributed by atoms with Crippen LogP contribution in [0.25, 0.3) is 0 Å². The first-order valence-corrected chi connectivity index (χ1v) is 7.44. The van der Waals surface area contributed by atoms with Crippen molar-refractivity contribution < 1.29 is 19.4 Å². The standard InChI is InChI=1S/C16H17N3O6/c20-13-6-8-19(16(24)18-13)9-14(21)17-7-5-11-1-3-12(4-2-11)25-10-15(22)23/h1-4,6,8H,5,7,9-10H2,(H,17,21)(H,22,23)(H,18,20,24). The summed E-state index contributed by atoms with van der Waals surface area (Å²) in [5, 5.41) is 11.2. The van der Waals surface area contributed by atoms with Crippen LogP contribution >= 0.6 is 0 Å². The number of H-pyrrole nitrogens is 1. The summed E-state index contributed by atoms with van der Waals surface area (Å²) >= 11 is 0. The number of carboxylic acid groups (broad SMARTS) is 1. The molecule has 9 nitrogen and oxygen atoms in total. The molecule has 1 heterocycles. The van der Waals surface area contributed by atoms with Gasteiger partial charge in [-0.15, -0.1) is 0 Å². The SMILES string of the molecule is O=C(O)COc1ccc(CCNC(=O)Cn2ccc(=O)[nH]c2=O)cc1. The highest BCUT2D eigenvalue weighted by Crippen LogP contribution is 2.12. The number of nitrogens with zero attached hydrogens (tertiary/aromatic N) is 1. The van der Waals surface area contributed by atoms with E-state index in [0.717, 1.165) is 10.1 Å². The fourth-order valence-corrected chi connectivity index (χ4v) is 2.02. The van der Waals surface area contributed by atoms with Crippen molar-refractivity contribution in [3.8, 4) is 5.75 Å². The van der Waals surface area contributed by atoms with Crippen molar-refractivity contribution in [3.63, 3.8) is 0 Å². The van der Waals surface area contributed by atoms with Gasteiger partial charge in [-0.25, -0.2) is 9.59 Å². The normalized spacial score (nSPS) is 10.2. The average molecular weight is 347 g/mol. The predicted molar refractivity (Wildman–Crippen MR) is 87.6 cm³/mol. The third kappa shape index (κ3) is 5.98. The first-order valence-electron chi connectivity index (χ1n) is 7.44. The molecular weight excluding hydrogens is 330 g/mol. The summed E-state index contributed by atoms with van der Waals surface area (Å²) in [4.78, 5) is 46.7. The van der Waals surface area contributed by atoms with Crippen molar-refractivity contribution in [2.75, 3.05) is 13.2 Å². The average Bonchev–Trinajstić information content (AvgIpc) is 2.56. The minimum absolute atomic E-state index is 0.183. The van der Waals surface area contributed by atoms with Crippen LogP contribution in [-0.4, -0.2) is 39.7 Å². The van der Waals surface area contributed by atoms with E-state index >= 15 is 0 Å². The molecular formula is C16H17N3O6. The molecule has 3 N–H and O–H groups in total. The van der Waals surface area contributed by atoms with E-state index < -0.39 is 23.8 Å². The molecule has 0 bridgehead atoms. The highest BCUT2D eigenvalue weighted by atomic mass is 16.5. The quantitative estimate of drug-likeness (QED) is 0.582. The molecule has 0 fully saturated rings. The molecule has 0 saturated carbocycles. The third-order valence-corrected chi connectivity index (χ3v) is 3.23. The number of rotatable bonds is 8. The highest BCUT2D eigenvalue weighted by molar-refractivity contribution is 5.75. The number of hydrogen-bond donors (Lipinski definition) is 3. The number of carbonyl (C=O) groups excluding carboxylic acids is 1. The number of hydrogen-bond acceptors (Lipinski definition) is 5. The Morgan fingerprint density at radius 3 is 2.52 bits per heavy atom. The second kappa shape index (κ2) is 8.48. The Labute approximate surface area is 141 Å². The maximum Gasteiger partial charge on any atom is 0.341 e. The number of nitrogens with one attached hydrogen (secondary N) is 2. The van der Waals surface area contributed by atoms with Crippen molar-refractivity contribution in [2.45, 2.75) is 13.0 Å². The minimum atomic E-state index is -1.05. The molecule has 0 unspecified atom stereocenters. The summed E-state index contributed by atoms with van der Waals surface area (Å²) in [5.74, 6) is -0.948. The largest absolute Gasteiger partial charge is 0.482 e. The fraction of sp³-hybridized carbons (Fsp3) is 0.250. The van der Waals surface area contributed by atoms with Crippen LogP contribution in [0.1, 0.15) is 5.56 Å². The van der Waals surface area contributed by atoms with E-state index in [0.29, 0.717) is 18.7 Å². The molecule has 2 rings (SSSR count). The van der Waals surface area contributed by atoms with Gasteiger partial charge in [-0.1, -0.05) is 12.1 Å². The van der Waals surface area contributed by atoms with E-state index in [1.54, 1.807) is 24.3 Å². The van der Waals surface area contributed by atoms with Crippen LogP contribution in [0, 0.1) is 0 Å². The zero-order chi connectivity index (χ0) is 18.2. The first kappa shape index (κ1) is 18.0. The van der Waals surface area contributed by atoms with Crippen LogP contribution in [0.3, 0.4) is 0 Å². The van der Waals surface area contributed by atoms with E-state index in [9.17, 15) is 19.2 Å². The van der Waals surface area contributed by atoms with Gasteiger partial charge in [0, 0.05) is 18.8 Å². The number of amides is 1. The third-order valence-electron chi connectivity index (χ3n) is 3.23. The van der Waals surface area contributed by atoms with Crippen LogP contribution < -0.4 is 21.3 Å². The maximum atomic E-state index is 11.8. The van der Waals surface area contributed by atoms with Gasteiger partial charge in [0.1, 0.15) is 12.3 Å². The van der Waals surface area contributed by atoms with E-state index in [2.05, 4.69) is 10.3 Å². The van der Waals surface area contributed by atoms with Gasteiger partial charge in [0.05, 0.1) is 0 Å². The van der Waals surface area contributed by atoms with Gasteiger partial charge in [-0.2, -0.15) is 0 Å². The summed E-state index contributed by atoms with van der Waals surface area (Å²) in [5.41, 5.74) is -0.221. The van der Waals surface area contributed by atoms with E-state index in [-0.39, 0.29) is 12.5 Å². The van der Waals surface area contributed by atoms with E-state index in [4.69, 9.17) is 9.84 Å². The molecule has 1 aromatic heterocycles. The van der Waals surface area contributed by atoms with Gasteiger partial charge in [0.15, 0.2) is 6.61 Å². The predicted octanol–water partition coefficient (Wildman–Crippen LogP) is -0.641. The molecule has 9 heteroatoms. The van der Waals surface area contributed by atoms with Gasteiger partial charge >= 0.3 is 11.7 Å². The molecule has 0 aliphatic heterocycles. The van der Waals surface area contributed by atoms with Gasteiger partial charge in [0.2, 0.25) is 5.91 Å². The molecule has 0 radical (unpaired) electrons. The van der Waals surface area contributed by atoms with Crippen molar-refractivity contribution in [2.24, 2.45) is 0 Å². The Balaban J connectivity index is 1.78. The number of aromatic amines is 1. The molecule has 0 aliphatic carbocycles. The first-order chi connectivity index (χ1) is 11.9. The lowest BCUT2D eigenvalue weighted by Crippen LogP contribution is -2.36. The van der Waals surface area contributed by atoms with Gasteiger partial charge in [-0.3, -0.25) is 19.1 Å². The molecule has 1 amide bonds. The molecule has 25 heavy (non-hydrogen) atoms. The molecule has 1 aromatic carbocycles. The molecule has 0 atom stereocenters. The maximum absolute atomic E-state index is 11.8. The summed E-state index contributed by atoms with van der Waals surface area (Å²) in [6.45, 7) is -0.219. The number of ether oxygens (including phenoxy) is 1. The lowest BCUT2D eigenvalue weighted by atomic mass is 10.1. The number of carbonyl (C=O) groups is 2. The van der Waals surface area contributed by atoms with Crippen molar-refractivity contribution in [1.29, 1.82) is 0 Å². The second-order valence-electron chi connectivity index (χ2n) is 5.16. The van der Waals surface area contributed by atoms with Crippen LogP contribution in [0.5, 0.6) is 5.75 Å². The van der Waals surface area contributed by atoms with Crippen molar-refractivity contribution >= 4 is 11.9 Å². The fourth-order valence-electron chi connectivity index (χ4n) is 2.02. The van der Waals surface area contributed by atoms with Crippen LogP contribution in [0.15, 0.2) is 46.1 Å². The zero-order valence-electron chi connectivity index (χ0n) is 13.2. The Morgan fingerprint density at radius 2 is 1.88 bits per heavy atom. The Hall–Kier alpha value is -3.36. The number of aliphatic carboxylic acids is 1. The summed E-state index contributed by atoms with van der Waals surface area (Å²) in [6, 6.07) is 8.02. The summed E-state index contributed by atoms with van der Waals surface area (Å²) in [6.07, 6.45) is 1.82. The molecule has 0 spiro atoms. The van der Waals surface area contributed by atoms with Gasteiger partial charge in [-0.05, 0) is 24.1 Å². The molecule has 132 valence electrons. The monoisotopic (exact) mass is 347 g/mol. The van der Waals surface area contributed by atoms with Crippen LogP contribution in [0.4, 0.5) is 0 Å². The number of benzene rings is 1. The van der Waals surface area contributed by atoms with Crippen molar-refractivity contribution in [3.05, 3.63) is 62.9 Å². The Morgan fingerprint density at radius 1 is 1.16 bits per heavy atom. The Kier molecular flexibility index (Phi) is 6.10. The number of aromatic nitrogens is 2.